The Morgan fingerprint density at radius 1 is 1.50 bits per heavy atom. The third-order valence-electron chi connectivity index (χ3n) is 2.24. The van der Waals surface area contributed by atoms with Crippen molar-refractivity contribution >= 4 is 11.8 Å². The zero-order chi connectivity index (χ0) is 11.8. The van der Waals surface area contributed by atoms with E-state index >= 15 is 0 Å². The zero-order valence-electron chi connectivity index (χ0n) is 9.94. The Labute approximate surface area is 99.2 Å². The molecule has 0 saturated heterocycles. The van der Waals surface area contributed by atoms with Crippen LogP contribution in [0.1, 0.15) is 25.2 Å². The van der Waals surface area contributed by atoms with Crippen LogP contribution in [-0.4, -0.2) is 20.6 Å². The Balaban J connectivity index is 1.96. The molecule has 5 nitrogen and oxygen atoms in total. The molecule has 0 unspecified atom stereocenters. The lowest BCUT2D eigenvalue weighted by atomic mass is 10.1. The van der Waals surface area contributed by atoms with Crippen LogP contribution in [0.3, 0.4) is 0 Å². The number of nitrogens with zero attached hydrogens (tertiary/aromatic N) is 3. The molecular weight excluding hydrogens is 224 g/mol. The molecule has 0 radical (unpaired) electrons. The van der Waals surface area contributed by atoms with E-state index in [-0.39, 0.29) is 5.60 Å². The van der Waals surface area contributed by atoms with Gasteiger partial charge < -0.3 is 0 Å². The predicted octanol–water partition coefficient (Wildman–Crippen LogP) is 1.51. The molecule has 1 aromatic heterocycles. The van der Waals surface area contributed by atoms with Crippen LogP contribution < -0.4 is 5.48 Å². The number of aryl methyl sites for hydroxylation is 2. The summed E-state index contributed by atoms with van der Waals surface area (Å²) in [6.07, 6.45) is 2.07. The first-order chi connectivity index (χ1) is 7.46. The third kappa shape index (κ3) is 2.56. The molecule has 1 aliphatic rings. The normalized spacial score (nSPS) is 18.4. The van der Waals surface area contributed by atoms with Crippen molar-refractivity contribution in [2.75, 3.05) is 0 Å². The molecule has 1 aromatic rings. The van der Waals surface area contributed by atoms with Crippen LogP contribution >= 0.6 is 11.8 Å². The second-order valence-corrected chi connectivity index (χ2v) is 5.34. The van der Waals surface area contributed by atoms with E-state index < -0.39 is 0 Å². The average Bonchev–Trinajstić information content (AvgIpc) is 2.66. The molecule has 2 rings (SSSR count). The summed E-state index contributed by atoms with van der Waals surface area (Å²) in [7, 11) is 1.83. The smallest absolute Gasteiger partial charge is 0.111 e. The maximum absolute atomic E-state index is 5.37. The van der Waals surface area contributed by atoms with E-state index in [4.69, 9.17) is 4.84 Å². The van der Waals surface area contributed by atoms with E-state index in [1.54, 1.807) is 16.6 Å². The maximum atomic E-state index is 5.37. The van der Waals surface area contributed by atoms with Crippen molar-refractivity contribution in [3.63, 3.8) is 0 Å². The summed E-state index contributed by atoms with van der Waals surface area (Å²) in [5, 5.41) is 9.54. The molecule has 0 atom stereocenters. The molecule has 0 fully saturated rings. The first-order valence-electron chi connectivity index (χ1n) is 5.13. The molecule has 6 heteroatoms. The van der Waals surface area contributed by atoms with Crippen LogP contribution in [0.25, 0.3) is 0 Å². The number of hydrogen-bond acceptors (Lipinski definition) is 5. The molecule has 1 N–H and O–H groups in total. The van der Waals surface area contributed by atoms with Gasteiger partial charge in [-0.25, -0.2) is 0 Å². The lowest BCUT2D eigenvalue weighted by molar-refractivity contribution is -0.0126. The highest BCUT2D eigenvalue weighted by Gasteiger charge is 2.24. The summed E-state index contributed by atoms with van der Waals surface area (Å²) >= 11 is 1.68. The molecule has 1 aliphatic heterocycles. The number of aromatic nitrogens is 3. The van der Waals surface area contributed by atoms with E-state index in [1.807, 2.05) is 27.8 Å². The van der Waals surface area contributed by atoms with Crippen LogP contribution in [-0.2, 0) is 17.6 Å². The largest absolute Gasteiger partial charge is 0.265 e. The minimum Gasteiger partial charge on any atom is -0.265 e. The number of rotatable bonds is 3. The minimum absolute atomic E-state index is 0.222. The first-order valence-corrected chi connectivity index (χ1v) is 6.11. The topological polar surface area (TPSA) is 52.0 Å². The fourth-order valence-corrected chi connectivity index (χ4v) is 2.48. The number of hydrogen-bond donors (Lipinski definition) is 1. The van der Waals surface area contributed by atoms with Crippen LogP contribution in [0, 0.1) is 6.92 Å². The van der Waals surface area contributed by atoms with Gasteiger partial charge in [0.05, 0.1) is 16.4 Å². The molecule has 16 heavy (non-hydrogen) atoms. The van der Waals surface area contributed by atoms with Crippen molar-refractivity contribution in [3.05, 3.63) is 22.5 Å². The highest BCUT2D eigenvalue weighted by molar-refractivity contribution is 8.02. The van der Waals surface area contributed by atoms with E-state index in [1.165, 1.54) is 0 Å². The average molecular weight is 240 g/mol. The van der Waals surface area contributed by atoms with Crippen LogP contribution in [0.4, 0.5) is 0 Å². The van der Waals surface area contributed by atoms with Gasteiger partial charge in [0.2, 0.25) is 0 Å². The fourth-order valence-electron chi connectivity index (χ4n) is 1.45. The molecule has 0 aromatic carbocycles. The van der Waals surface area contributed by atoms with Crippen molar-refractivity contribution in [2.24, 2.45) is 7.05 Å². The van der Waals surface area contributed by atoms with Crippen LogP contribution in [0.15, 0.2) is 11.1 Å². The molecule has 2 heterocycles. The van der Waals surface area contributed by atoms with Gasteiger partial charge in [-0.2, -0.15) is 15.0 Å². The molecule has 0 spiro atoms. The lowest BCUT2D eigenvalue weighted by Crippen LogP contribution is -2.20. The summed E-state index contributed by atoms with van der Waals surface area (Å²) in [6.45, 7) is 6.00. The van der Waals surface area contributed by atoms with E-state index in [2.05, 4.69) is 21.8 Å². The summed E-state index contributed by atoms with van der Waals surface area (Å²) in [5.41, 5.74) is 4.68. The van der Waals surface area contributed by atoms with Crippen molar-refractivity contribution in [3.8, 4) is 0 Å². The van der Waals surface area contributed by atoms with Gasteiger partial charge in [-0.05, 0) is 26.8 Å². The summed E-state index contributed by atoms with van der Waals surface area (Å²) in [5.74, 6) is 0.804. The molecule has 88 valence electrons. The summed E-state index contributed by atoms with van der Waals surface area (Å²) < 4.78 is 0. The van der Waals surface area contributed by atoms with Crippen molar-refractivity contribution < 1.29 is 4.84 Å². The number of hydroxylamine groups is 1. The molecule has 0 saturated carbocycles. The predicted molar refractivity (Wildman–Crippen MR) is 63.4 cm³/mol. The number of nitrogens with one attached hydrogen (secondary N) is 1. The second-order valence-electron chi connectivity index (χ2n) is 4.33. The van der Waals surface area contributed by atoms with Crippen molar-refractivity contribution in [1.29, 1.82) is 0 Å². The lowest BCUT2D eigenvalue weighted by Gasteiger charge is -2.11. The Hall–Kier alpha value is -1.01. The Kier molecular flexibility index (Phi) is 2.94. The van der Waals surface area contributed by atoms with Gasteiger partial charge >= 0.3 is 0 Å². The Bertz CT molecular complexity index is 424. The van der Waals surface area contributed by atoms with E-state index in [0.717, 1.165) is 22.2 Å². The zero-order valence-corrected chi connectivity index (χ0v) is 10.8. The number of thioether (sulfide) groups is 1. The van der Waals surface area contributed by atoms with Gasteiger partial charge in [0.15, 0.2) is 0 Å². The van der Waals surface area contributed by atoms with Crippen LogP contribution in [0.2, 0.25) is 0 Å². The standard InChI is InChI=1S/C10H16N4OS/c1-7-8(12-14(4)11-7)6-16-9-5-10(2,3)15-13-9/h5,13H,6H2,1-4H3. The van der Waals surface area contributed by atoms with Gasteiger partial charge in [-0.3, -0.25) is 10.3 Å². The van der Waals surface area contributed by atoms with Crippen LogP contribution in [0.5, 0.6) is 0 Å². The fraction of sp³-hybridized carbons (Fsp3) is 0.600. The van der Waals surface area contributed by atoms with Gasteiger partial charge in [0.1, 0.15) is 5.60 Å². The van der Waals surface area contributed by atoms with Gasteiger partial charge in [-0.15, -0.1) is 11.8 Å². The third-order valence-corrected chi connectivity index (χ3v) is 3.17. The highest BCUT2D eigenvalue weighted by Crippen LogP contribution is 2.28. The monoisotopic (exact) mass is 240 g/mol. The van der Waals surface area contributed by atoms with Crippen molar-refractivity contribution in [2.45, 2.75) is 32.1 Å². The highest BCUT2D eigenvalue weighted by atomic mass is 32.2. The first kappa shape index (κ1) is 11.5. The van der Waals surface area contributed by atoms with Gasteiger partial charge in [0, 0.05) is 12.8 Å². The molecule has 0 amide bonds. The maximum Gasteiger partial charge on any atom is 0.111 e. The van der Waals surface area contributed by atoms with Gasteiger partial charge in [0.25, 0.3) is 0 Å². The quantitative estimate of drug-likeness (QED) is 0.868. The summed E-state index contributed by atoms with van der Waals surface area (Å²) in [4.78, 5) is 6.97. The van der Waals surface area contributed by atoms with E-state index in [0.29, 0.717) is 0 Å². The molecule has 0 aliphatic carbocycles. The SMILES string of the molecule is Cc1nn(C)nc1CSC1=CC(C)(C)ON1. The van der Waals surface area contributed by atoms with Crippen molar-refractivity contribution in [1.82, 2.24) is 20.5 Å². The van der Waals surface area contributed by atoms with E-state index in [9.17, 15) is 0 Å². The van der Waals surface area contributed by atoms with Gasteiger partial charge in [-0.1, -0.05) is 0 Å². The second kappa shape index (κ2) is 4.10. The Morgan fingerprint density at radius 3 is 2.75 bits per heavy atom. The molecular formula is C10H16N4OS. The molecule has 0 bridgehead atoms. The summed E-state index contributed by atoms with van der Waals surface area (Å²) in [6, 6.07) is 0. The Morgan fingerprint density at radius 2 is 2.25 bits per heavy atom. The minimum atomic E-state index is -0.222.